The first-order valence-electron chi connectivity index (χ1n) is 8.45. The Labute approximate surface area is 146 Å². The molecule has 0 saturated carbocycles. The summed E-state index contributed by atoms with van der Waals surface area (Å²) in [5.41, 5.74) is 3.31. The molecular formula is C19H22N4O2. The average Bonchev–Trinajstić information content (AvgIpc) is 3.12. The van der Waals surface area contributed by atoms with Crippen LogP contribution in [0, 0.1) is 0 Å². The molecule has 1 N–H and O–H groups in total. The van der Waals surface area contributed by atoms with E-state index in [0.717, 1.165) is 24.1 Å². The standard InChI is InChI=1S/C19H22N4O2/c1-3-14-6-4-7-16(12-14)25-11-5-10-23(2)19(24)15-8-9-17-18(13-15)21-22-20-17/h4,6-9,12-13H,3,5,10-11H2,1-2H3,(H,20,21,22). The zero-order chi connectivity index (χ0) is 17.6. The maximum Gasteiger partial charge on any atom is 0.253 e. The van der Waals surface area contributed by atoms with E-state index in [0.29, 0.717) is 24.2 Å². The molecule has 6 nitrogen and oxygen atoms in total. The Kier molecular flexibility index (Phi) is 5.28. The van der Waals surface area contributed by atoms with E-state index in [2.05, 4.69) is 34.5 Å². The van der Waals surface area contributed by atoms with Crippen molar-refractivity contribution in [2.75, 3.05) is 20.2 Å². The number of aromatic amines is 1. The number of fused-ring (bicyclic) bond motifs is 1. The highest BCUT2D eigenvalue weighted by molar-refractivity contribution is 5.97. The Hall–Kier alpha value is -2.89. The summed E-state index contributed by atoms with van der Waals surface area (Å²) in [4.78, 5) is 14.2. The molecule has 130 valence electrons. The minimum Gasteiger partial charge on any atom is -0.494 e. The zero-order valence-electron chi connectivity index (χ0n) is 14.5. The van der Waals surface area contributed by atoms with E-state index in [4.69, 9.17) is 4.74 Å². The van der Waals surface area contributed by atoms with E-state index in [-0.39, 0.29) is 5.91 Å². The van der Waals surface area contributed by atoms with Gasteiger partial charge in [0.05, 0.1) is 6.61 Å². The van der Waals surface area contributed by atoms with Gasteiger partial charge in [0.15, 0.2) is 0 Å². The van der Waals surface area contributed by atoms with E-state index in [1.807, 2.05) is 12.1 Å². The summed E-state index contributed by atoms with van der Waals surface area (Å²) in [6.07, 6.45) is 1.76. The Balaban J connectivity index is 1.49. The first-order valence-corrected chi connectivity index (χ1v) is 8.45. The van der Waals surface area contributed by atoms with Gasteiger partial charge < -0.3 is 9.64 Å². The predicted molar refractivity (Wildman–Crippen MR) is 96.8 cm³/mol. The highest BCUT2D eigenvalue weighted by atomic mass is 16.5. The molecule has 0 aliphatic rings. The molecule has 0 fully saturated rings. The Morgan fingerprint density at radius 1 is 1.16 bits per heavy atom. The van der Waals surface area contributed by atoms with Crippen molar-refractivity contribution in [3.05, 3.63) is 53.6 Å². The highest BCUT2D eigenvalue weighted by Gasteiger charge is 2.13. The SMILES string of the molecule is CCc1cccc(OCCCN(C)C(=O)c2ccc3n[nH]nc3c2)c1. The third kappa shape index (κ3) is 4.15. The second-order valence-corrected chi connectivity index (χ2v) is 5.96. The summed E-state index contributed by atoms with van der Waals surface area (Å²) in [5, 5.41) is 10.6. The number of carbonyl (C=O) groups excluding carboxylic acids is 1. The smallest absolute Gasteiger partial charge is 0.253 e. The summed E-state index contributed by atoms with van der Waals surface area (Å²) in [6.45, 7) is 3.33. The summed E-state index contributed by atoms with van der Waals surface area (Å²) >= 11 is 0. The van der Waals surface area contributed by atoms with Crippen LogP contribution in [0.1, 0.15) is 29.3 Å². The maximum absolute atomic E-state index is 12.5. The molecule has 0 saturated heterocycles. The van der Waals surface area contributed by atoms with Gasteiger partial charge in [-0.05, 0) is 48.7 Å². The molecule has 6 heteroatoms. The molecule has 0 aliphatic heterocycles. The summed E-state index contributed by atoms with van der Waals surface area (Å²) in [5.74, 6) is 0.850. The van der Waals surface area contributed by atoms with Crippen LogP contribution in [-0.2, 0) is 6.42 Å². The average molecular weight is 338 g/mol. The Morgan fingerprint density at radius 2 is 2.00 bits per heavy atom. The fourth-order valence-corrected chi connectivity index (χ4v) is 2.64. The number of H-pyrrole nitrogens is 1. The molecule has 0 atom stereocenters. The lowest BCUT2D eigenvalue weighted by Gasteiger charge is -2.17. The van der Waals surface area contributed by atoms with Gasteiger partial charge in [-0.2, -0.15) is 15.4 Å². The minimum atomic E-state index is -0.0297. The zero-order valence-corrected chi connectivity index (χ0v) is 14.5. The van der Waals surface area contributed by atoms with Crippen LogP contribution in [0.2, 0.25) is 0 Å². The van der Waals surface area contributed by atoms with Crippen molar-refractivity contribution in [2.45, 2.75) is 19.8 Å². The number of ether oxygens (including phenoxy) is 1. The van der Waals surface area contributed by atoms with E-state index < -0.39 is 0 Å². The lowest BCUT2D eigenvalue weighted by Crippen LogP contribution is -2.28. The van der Waals surface area contributed by atoms with Crippen molar-refractivity contribution >= 4 is 16.9 Å². The van der Waals surface area contributed by atoms with Crippen molar-refractivity contribution in [3.63, 3.8) is 0 Å². The van der Waals surface area contributed by atoms with Gasteiger partial charge >= 0.3 is 0 Å². The number of carbonyl (C=O) groups is 1. The third-order valence-corrected chi connectivity index (χ3v) is 4.12. The van der Waals surface area contributed by atoms with Crippen LogP contribution in [-0.4, -0.2) is 46.4 Å². The van der Waals surface area contributed by atoms with Gasteiger partial charge in [0.1, 0.15) is 16.8 Å². The number of rotatable bonds is 7. The van der Waals surface area contributed by atoms with Crippen LogP contribution >= 0.6 is 0 Å². The van der Waals surface area contributed by atoms with E-state index in [1.54, 1.807) is 30.1 Å². The van der Waals surface area contributed by atoms with E-state index >= 15 is 0 Å². The lowest BCUT2D eigenvalue weighted by molar-refractivity contribution is 0.0788. The third-order valence-electron chi connectivity index (χ3n) is 4.12. The molecule has 1 amide bonds. The van der Waals surface area contributed by atoms with Crippen molar-refractivity contribution in [1.82, 2.24) is 20.3 Å². The van der Waals surface area contributed by atoms with Gasteiger partial charge in [0.2, 0.25) is 0 Å². The maximum atomic E-state index is 12.5. The summed E-state index contributed by atoms with van der Waals surface area (Å²) < 4.78 is 5.77. The van der Waals surface area contributed by atoms with Crippen molar-refractivity contribution in [3.8, 4) is 5.75 Å². The van der Waals surface area contributed by atoms with Gasteiger partial charge in [0.25, 0.3) is 5.91 Å². The van der Waals surface area contributed by atoms with Crippen LogP contribution in [0.15, 0.2) is 42.5 Å². The largest absolute Gasteiger partial charge is 0.494 e. The number of aromatic nitrogens is 3. The van der Waals surface area contributed by atoms with Crippen LogP contribution in [0.5, 0.6) is 5.75 Å². The number of nitrogens with one attached hydrogen (secondary N) is 1. The molecular weight excluding hydrogens is 316 g/mol. The fourth-order valence-electron chi connectivity index (χ4n) is 2.64. The number of hydrogen-bond acceptors (Lipinski definition) is 4. The number of hydrogen-bond donors (Lipinski definition) is 1. The van der Waals surface area contributed by atoms with Gasteiger partial charge in [-0.1, -0.05) is 19.1 Å². The second kappa shape index (κ2) is 7.79. The topological polar surface area (TPSA) is 71.1 Å². The molecule has 25 heavy (non-hydrogen) atoms. The van der Waals surface area contributed by atoms with E-state index in [1.165, 1.54) is 5.56 Å². The lowest BCUT2D eigenvalue weighted by atomic mass is 10.1. The molecule has 0 bridgehead atoms. The fraction of sp³-hybridized carbons (Fsp3) is 0.316. The van der Waals surface area contributed by atoms with Crippen LogP contribution in [0.3, 0.4) is 0 Å². The molecule has 1 aromatic heterocycles. The molecule has 1 heterocycles. The minimum absolute atomic E-state index is 0.0297. The number of benzene rings is 2. The van der Waals surface area contributed by atoms with Crippen LogP contribution < -0.4 is 4.74 Å². The monoisotopic (exact) mass is 338 g/mol. The van der Waals surface area contributed by atoms with Gasteiger partial charge in [-0.25, -0.2) is 0 Å². The van der Waals surface area contributed by atoms with Gasteiger partial charge in [0, 0.05) is 19.2 Å². The van der Waals surface area contributed by atoms with Crippen molar-refractivity contribution in [1.29, 1.82) is 0 Å². The van der Waals surface area contributed by atoms with Crippen molar-refractivity contribution in [2.24, 2.45) is 0 Å². The highest BCUT2D eigenvalue weighted by Crippen LogP contribution is 2.15. The number of amides is 1. The molecule has 2 aromatic carbocycles. The molecule has 0 radical (unpaired) electrons. The molecule has 3 rings (SSSR count). The second-order valence-electron chi connectivity index (χ2n) is 5.96. The predicted octanol–water partition coefficient (Wildman–Crippen LogP) is 3.06. The molecule has 0 aliphatic carbocycles. The quantitative estimate of drug-likeness (QED) is 0.672. The summed E-state index contributed by atoms with van der Waals surface area (Å²) in [6, 6.07) is 13.4. The Morgan fingerprint density at radius 3 is 2.84 bits per heavy atom. The Bertz CT molecular complexity index is 859. The summed E-state index contributed by atoms with van der Waals surface area (Å²) in [7, 11) is 1.80. The normalized spacial score (nSPS) is 10.8. The molecule has 0 spiro atoms. The van der Waals surface area contributed by atoms with Crippen molar-refractivity contribution < 1.29 is 9.53 Å². The molecule has 3 aromatic rings. The number of aryl methyl sites for hydroxylation is 1. The van der Waals surface area contributed by atoms with E-state index in [9.17, 15) is 4.79 Å². The van der Waals surface area contributed by atoms with Crippen LogP contribution in [0.25, 0.3) is 11.0 Å². The molecule has 0 unspecified atom stereocenters. The first-order chi connectivity index (χ1) is 12.2. The van der Waals surface area contributed by atoms with Crippen LogP contribution in [0.4, 0.5) is 0 Å². The first kappa shape index (κ1) is 17.0. The van der Waals surface area contributed by atoms with Gasteiger partial charge in [-0.3, -0.25) is 4.79 Å². The number of nitrogens with zero attached hydrogens (tertiary/aromatic N) is 3. The van der Waals surface area contributed by atoms with Gasteiger partial charge in [-0.15, -0.1) is 0 Å².